The average molecular weight is 243 g/mol. The van der Waals surface area contributed by atoms with E-state index in [1.807, 2.05) is 39.0 Å². The van der Waals surface area contributed by atoms with Gasteiger partial charge in [0.15, 0.2) is 0 Å². The highest BCUT2D eigenvalue weighted by atomic mass is 16.1. The van der Waals surface area contributed by atoms with Crippen LogP contribution in [0.5, 0.6) is 0 Å². The van der Waals surface area contributed by atoms with Crippen LogP contribution in [0.15, 0.2) is 42.5 Å². The molecule has 0 radical (unpaired) electrons. The zero-order valence-corrected chi connectivity index (χ0v) is 11.5. The Hall–Kier alpha value is -1.83. The summed E-state index contributed by atoms with van der Waals surface area (Å²) in [5.74, 6) is 0.000402. The van der Waals surface area contributed by atoms with Crippen molar-refractivity contribution in [3.63, 3.8) is 0 Å². The van der Waals surface area contributed by atoms with E-state index in [0.717, 1.165) is 5.56 Å². The molecular weight excluding hydrogens is 222 g/mol. The number of hydrogen-bond donors (Lipinski definition) is 1. The first kappa shape index (κ1) is 14.2. The third kappa shape index (κ3) is 3.33. The van der Waals surface area contributed by atoms with Crippen molar-refractivity contribution in [1.29, 1.82) is 0 Å². The predicted molar refractivity (Wildman–Crippen MR) is 77.5 cm³/mol. The third-order valence-electron chi connectivity index (χ3n) is 2.71. The Morgan fingerprint density at radius 2 is 1.67 bits per heavy atom. The lowest BCUT2D eigenvalue weighted by molar-refractivity contribution is -0.119. The Morgan fingerprint density at radius 1 is 1.06 bits per heavy atom. The summed E-state index contributed by atoms with van der Waals surface area (Å²) >= 11 is 0. The van der Waals surface area contributed by atoms with Crippen LogP contribution < -0.4 is 5.32 Å². The van der Waals surface area contributed by atoms with Gasteiger partial charge in [-0.25, -0.2) is 0 Å². The topological polar surface area (TPSA) is 29.1 Å². The van der Waals surface area contributed by atoms with Crippen molar-refractivity contribution in [2.45, 2.75) is 33.7 Å². The van der Waals surface area contributed by atoms with Gasteiger partial charge in [-0.05, 0) is 23.3 Å². The minimum absolute atomic E-state index is 0.000402. The molecule has 0 aliphatic heterocycles. The number of fused-ring (bicyclic) bond motifs is 1. The van der Waals surface area contributed by atoms with Gasteiger partial charge in [0.2, 0.25) is 5.91 Å². The Labute approximate surface area is 109 Å². The minimum Gasteiger partial charge on any atom is -0.350 e. The smallest absolute Gasteiger partial charge is 0.217 e. The van der Waals surface area contributed by atoms with Gasteiger partial charge in [-0.1, -0.05) is 56.3 Å². The van der Waals surface area contributed by atoms with E-state index in [2.05, 4.69) is 29.6 Å². The Morgan fingerprint density at radius 3 is 2.33 bits per heavy atom. The van der Waals surface area contributed by atoms with Crippen molar-refractivity contribution in [2.75, 3.05) is 0 Å². The van der Waals surface area contributed by atoms with Gasteiger partial charge in [-0.15, -0.1) is 0 Å². The van der Waals surface area contributed by atoms with E-state index in [1.165, 1.54) is 10.8 Å². The van der Waals surface area contributed by atoms with Gasteiger partial charge in [0.25, 0.3) is 0 Å². The van der Waals surface area contributed by atoms with Gasteiger partial charge >= 0.3 is 0 Å². The summed E-state index contributed by atoms with van der Waals surface area (Å²) in [6.07, 6.45) is 0. The first-order chi connectivity index (χ1) is 8.68. The fraction of sp³-hybridized carbons (Fsp3) is 0.312. The Kier molecular flexibility index (Phi) is 5.37. The maximum atomic E-state index is 11.1. The summed E-state index contributed by atoms with van der Waals surface area (Å²) in [4.78, 5) is 11.1. The van der Waals surface area contributed by atoms with Crippen molar-refractivity contribution in [2.24, 2.45) is 0 Å². The van der Waals surface area contributed by atoms with E-state index in [9.17, 15) is 4.79 Å². The molecule has 0 bridgehead atoms. The monoisotopic (exact) mass is 243 g/mol. The summed E-state index contributed by atoms with van der Waals surface area (Å²) in [6, 6.07) is 14.4. The van der Waals surface area contributed by atoms with Crippen molar-refractivity contribution in [1.82, 2.24) is 5.32 Å². The average Bonchev–Trinajstić information content (AvgIpc) is 2.39. The van der Waals surface area contributed by atoms with Crippen LogP contribution in [0.25, 0.3) is 10.8 Å². The molecule has 1 N–H and O–H groups in total. The molecular formula is C16H21NO. The molecule has 1 atom stereocenters. The molecule has 0 aliphatic rings. The van der Waals surface area contributed by atoms with Gasteiger partial charge in [0.1, 0.15) is 0 Å². The molecule has 2 aromatic carbocycles. The molecule has 2 nitrogen and oxygen atoms in total. The summed E-state index contributed by atoms with van der Waals surface area (Å²) in [6.45, 7) is 7.55. The van der Waals surface area contributed by atoms with E-state index >= 15 is 0 Å². The molecule has 0 aliphatic carbocycles. The second-order valence-electron chi connectivity index (χ2n) is 3.99. The van der Waals surface area contributed by atoms with Gasteiger partial charge < -0.3 is 5.32 Å². The highest BCUT2D eigenvalue weighted by Gasteiger charge is 2.09. The molecule has 1 amide bonds. The Balaban J connectivity index is 0.000000771. The maximum absolute atomic E-state index is 11.1. The third-order valence-corrected chi connectivity index (χ3v) is 2.71. The van der Waals surface area contributed by atoms with Crippen LogP contribution in [0.2, 0.25) is 0 Å². The normalized spacial score (nSPS) is 11.3. The molecule has 2 rings (SSSR count). The molecule has 0 saturated heterocycles. The molecule has 0 fully saturated rings. The number of amides is 1. The van der Waals surface area contributed by atoms with E-state index in [0.29, 0.717) is 0 Å². The zero-order chi connectivity index (χ0) is 13.5. The fourth-order valence-corrected chi connectivity index (χ4v) is 2.01. The number of rotatable bonds is 2. The molecule has 0 aromatic heterocycles. The van der Waals surface area contributed by atoms with Crippen molar-refractivity contribution >= 4 is 16.7 Å². The quantitative estimate of drug-likeness (QED) is 0.846. The largest absolute Gasteiger partial charge is 0.350 e. The van der Waals surface area contributed by atoms with Crippen molar-refractivity contribution in [3.8, 4) is 0 Å². The number of carbonyl (C=O) groups is 1. The summed E-state index contributed by atoms with van der Waals surface area (Å²) in [7, 11) is 0. The lowest BCUT2D eigenvalue weighted by Crippen LogP contribution is -2.23. The highest BCUT2D eigenvalue weighted by molar-refractivity contribution is 5.86. The minimum atomic E-state index is 0.000402. The van der Waals surface area contributed by atoms with Crippen molar-refractivity contribution in [3.05, 3.63) is 48.0 Å². The number of benzene rings is 2. The molecule has 2 aromatic rings. The summed E-state index contributed by atoms with van der Waals surface area (Å²) < 4.78 is 0. The lowest BCUT2D eigenvalue weighted by atomic mass is 10.00. The lowest BCUT2D eigenvalue weighted by Gasteiger charge is -2.15. The van der Waals surface area contributed by atoms with Crippen molar-refractivity contribution < 1.29 is 4.79 Å². The van der Waals surface area contributed by atoms with Crippen LogP contribution >= 0.6 is 0 Å². The van der Waals surface area contributed by atoms with E-state index in [4.69, 9.17) is 0 Å². The number of hydrogen-bond acceptors (Lipinski definition) is 1. The van der Waals surface area contributed by atoms with Crippen LogP contribution in [-0.4, -0.2) is 5.91 Å². The van der Waals surface area contributed by atoms with Crippen LogP contribution in [0.3, 0.4) is 0 Å². The Bertz CT molecular complexity index is 514. The summed E-state index contributed by atoms with van der Waals surface area (Å²) in [5.41, 5.74) is 1.16. The SMILES string of the molecule is CC.CC(=O)NC(C)c1cccc2ccccc12. The highest BCUT2D eigenvalue weighted by Crippen LogP contribution is 2.23. The van der Waals surface area contributed by atoms with Crippen LogP contribution in [0.1, 0.15) is 39.3 Å². The van der Waals surface area contributed by atoms with Gasteiger partial charge in [-0.2, -0.15) is 0 Å². The molecule has 2 heteroatoms. The van der Waals surface area contributed by atoms with E-state index in [1.54, 1.807) is 6.92 Å². The van der Waals surface area contributed by atoms with E-state index in [-0.39, 0.29) is 11.9 Å². The first-order valence-electron chi connectivity index (χ1n) is 6.43. The van der Waals surface area contributed by atoms with Crippen LogP contribution in [0.4, 0.5) is 0 Å². The second-order valence-corrected chi connectivity index (χ2v) is 3.99. The van der Waals surface area contributed by atoms with Gasteiger partial charge in [-0.3, -0.25) is 4.79 Å². The number of carbonyl (C=O) groups excluding carboxylic acids is 1. The molecule has 18 heavy (non-hydrogen) atoms. The fourth-order valence-electron chi connectivity index (χ4n) is 2.01. The van der Waals surface area contributed by atoms with Gasteiger partial charge in [0, 0.05) is 6.92 Å². The predicted octanol–water partition coefficient (Wildman–Crippen LogP) is 4.06. The standard InChI is InChI=1S/C14H15NO.C2H6/c1-10(15-11(2)16)13-9-5-7-12-6-3-4-8-14(12)13;1-2/h3-10H,1-2H3,(H,15,16);1-2H3. The molecule has 1 unspecified atom stereocenters. The molecule has 0 saturated carbocycles. The second kappa shape index (κ2) is 6.80. The molecule has 0 heterocycles. The van der Waals surface area contributed by atoms with Crippen LogP contribution in [0, 0.1) is 0 Å². The van der Waals surface area contributed by atoms with Gasteiger partial charge in [0.05, 0.1) is 6.04 Å². The number of nitrogens with one attached hydrogen (secondary N) is 1. The summed E-state index contributed by atoms with van der Waals surface area (Å²) in [5, 5.41) is 5.32. The first-order valence-corrected chi connectivity index (χ1v) is 6.43. The van der Waals surface area contributed by atoms with E-state index < -0.39 is 0 Å². The molecule has 0 spiro atoms. The van der Waals surface area contributed by atoms with Crippen LogP contribution in [-0.2, 0) is 4.79 Å². The maximum Gasteiger partial charge on any atom is 0.217 e. The molecule has 96 valence electrons. The zero-order valence-electron chi connectivity index (χ0n) is 11.5.